The lowest BCUT2D eigenvalue weighted by atomic mass is 10.3. The number of urea groups is 1. The van der Waals surface area contributed by atoms with Crippen molar-refractivity contribution < 1.29 is 9.53 Å². The van der Waals surface area contributed by atoms with Crippen LogP contribution in [0.5, 0.6) is 5.75 Å². The molecule has 0 fully saturated rings. The second-order valence-electron chi connectivity index (χ2n) is 2.92. The van der Waals surface area contributed by atoms with E-state index in [9.17, 15) is 4.79 Å². The number of hydrazine groups is 1. The molecular weight excluding hydrogens is 194 g/mol. The second-order valence-corrected chi connectivity index (χ2v) is 2.92. The first-order valence-corrected chi connectivity index (χ1v) is 4.75. The Labute approximate surface area is 88.6 Å². The number of amides is 2. The molecule has 0 atom stereocenters. The van der Waals surface area contributed by atoms with Gasteiger partial charge in [-0.3, -0.25) is 5.43 Å². The predicted octanol–water partition coefficient (Wildman–Crippen LogP) is 0.628. The van der Waals surface area contributed by atoms with Crippen molar-refractivity contribution in [1.82, 2.24) is 10.7 Å². The Morgan fingerprint density at radius 3 is 2.73 bits per heavy atom. The maximum absolute atomic E-state index is 10.7. The van der Waals surface area contributed by atoms with Crippen molar-refractivity contribution in [1.29, 1.82) is 0 Å². The van der Waals surface area contributed by atoms with Crippen molar-refractivity contribution in [2.45, 2.75) is 6.42 Å². The van der Waals surface area contributed by atoms with Gasteiger partial charge in [0.1, 0.15) is 5.75 Å². The molecule has 0 saturated carbocycles. The Balaban J connectivity index is 2.05. The summed E-state index contributed by atoms with van der Waals surface area (Å²) in [4.78, 5) is 10.7. The van der Waals surface area contributed by atoms with Gasteiger partial charge in [0.25, 0.3) is 0 Å². The van der Waals surface area contributed by atoms with Crippen molar-refractivity contribution in [2.24, 2.45) is 5.84 Å². The monoisotopic (exact) mass is 209 g/mol. The van der Waals surface area contributed by atoms with Crippen molar-refractivity contribution in [3.05, 3.63) is 30.3 Å². The van der Waals surface area contributed by atoms with Gasteiger partial charge in [-0.1, -0.05) is 18.2 Å². The third-order valence-corrected chi connectivity index (χ3v) is 1.75. The summed E-state index contributed by atoms with van der Waals surface area (Å²) in [6.07, 6.45) is 0.738. The van der Waals surface area contributed by atoms with E-state index < -0.39 is 0 Å². The molecule has 2 amide bonds. The highest BCUT2D eigenvalue weighted by Crippen LogP contribution is 2.07. The molecule has 4 N–H and O–H groups in total. The largest absolute Gasteiger partial charge is 0.494 e. The summed E-state index contributed by atoms with van der Waals surface area (Å²) in [5.74, 6) is 5.72. The number of nitrogens with one attached hydrogen (secondary N) is 2. The van der Waals surface area contributed by atoms with Gasteiger partial charge in [0.05, 0.1) is 6.61 Å². The van der Waals surface area contributed by atoms with E-state index in [0.717, 1.165) is 12.2 Å². The highest BCUT2D eigenvalue weighted by Gasteiger charge is 1.95. The van der Waals surface area contributed by atoms with Crippen LogP contribution in [0.3, 0.4) is 0 Å². The first kappa shape index (κ1) is 11.3. The number of hydrogen-bond acceptors (Lipinski definition) is 3. The minimum atomic E-state index is -0.380. The van der Waals surface area contributed by atoms with Gasteiger partial charge < -0.3 is 10.1 Å². The summed E-state index contributed by atoms with van der Waals surface area (Å²) in [6, 6.07) is 9.15. The minimum absolute atomic E-state index is 0.380. The molecule has 0 aromatic heterocycles. The van der Waals surface area contributed by atoms with Crippen LogP contribution in [0.25, 0.3) is 0 Å². The van der Waals surface area contributed by atoms with E-state index in [-0.39, 0.29) is 6.03 Å². The van der Waals surface area contributed by atoms with Gasteiger partial charge in [0, 0.05) is 6.54 Å². The molecule has 1 rings (SSSR count). The van der Waals surface area contributed by atoms with Crippen LogP contribution in [-0.4, -0.2) is 19.2 Å². The fraction of sp³-hybridized carbons (Fsp3) is 0.300. The fourth-order valence-corrected chi connectivity index (χ4v) is 1.03. The summed E-state index contributed by atoms with van der Waals surface area (Å²) in [6.45, 7) is 1.10. The lowest BCUT2D eigenvalue weighted by Gasteiger charge is -2.06. The maximum atomic E-state index is 10.7. The standard InChI is InChI=1S/C10H15N3O2/c11-13-10(14)12-7-4-8-15-9-5-2-1-3-6-9/h1-3,5-6H,4,7-8,11H2,(H2,12,13,14). The maximum Gasteiger partial charge on any atom is 0.328 e. The molecule has 1 aromatic carbocycles. The lowest BCUT2D eigenvalue weighted by Crippen LogP contribution is -2.40. The van der Waals surface area contributed by atoms with Crippen LogP contribution >= 0.6 is 0 Å². The van der Waals surface area contributed by atoms with E-state index in [2.05, 4.69) is 5.32 Å². The Kier molecular flexibility index (Phi) is 5.03. The molecule has 5 heteroatoms. The van der Waals surface area contributed by atoms with Crippen LogP contribution in [0.15, 0.2) is 30.3 Å². The van der Waals surface area contributed by atoms with Crippen LogP contribution in [0.1, 0.15) is 6.42 Å². The summed E-state index contributed by atoms with van der Waals surface area (Å²) < 4.78 is 5.42. The number of carbonyl (C=O) groups is 1. The predicted molar refractivity (Wildman–Crippen MR) is 57.3 cm³/mol. The molecule has 0 saturated heterocycles. The van der Waals surface area contributed by atoms with Gasteiger partial charge in [-0.05, 0) is 18.6 Å². The smallest absolute Gasteiger partial charge is 0.328 e. The molecule has 5 nitrogen and oxygen atoms in total. The fourth-order valence-electron chi connectivity index (χ4n) is 1.03. The number of ether oxygens (including phenoxy) is 1. The summed E-state index contributed by atoms with van der Waals surface area (Å²) in [5.41, 5.74) is 1.98. The molecule has 0 radical (unpaired) electrons. The van der Waals surface area contributed by atoms with E-state index in [0.29, 0.717) is 13.2 Å². The van der Waals surface area contributed by atoms with Crippen LogP contribution in [-0.2, 0) is 0 Å². The van der Waals surface area contributed by atoms with E-state index in [1.807, 2.05) is 35.8 Å². The van der Waals surface area contributed by atoms with Gasteiger partial charge in [0.2, 0.25) is 0 Å². The zero-order chi connectivity index (χ0) is 10.9. The van der Waals surface area contributed by atoms with Gasteiger partial charge in [-0.25, -0.2) is 10.6 Å². The zero-order valence-corrected chi connectivity index (χ0v) is 8.40. The quantitative estimate of drug-likeness (QED) is 0.288. The molecule has 15 heavy (non-hydrogen) atoms. The molecule has 0 heterocycles. The molecule has 0 aliphatic rings. The van der Waals surface area contributed by atoms with Gasteiger partial charge in [-0.2, -0.15) is 0 Å². The number of carbonyl (C=O) groups excluding carboxylic acids is 1. The summed E-state index contributed by atoms with van der Waals surface area (Å²) in [5, 5.41) is 2.56. The first-order chi connectivity index (χ1) is 7.33. The molecule has 0 bridgehead atoms. The lowest BCUT2D eigenvalue weighted by molar-refractivity contribution is 0.239. The SMILES string of the molecule is NNC(=O)NCCCOc1ccccc1. The molecule has 0 unspecified atom stereocenters. The first-order valence-electron chi connectivity index (χ1n) is 4.75. The molecule has 1 aromatic rings. The average molecular weight is 209 g/mol. The third-order valence-electron chi connectivity index (χ3n) is 1.75. The van der Waals surface area contributed by atoms with Crippen LogP contribution in [0, 0.1) is 0 Å². The Hall–Kier alpha value is -1.75. The number of hydrogen-bond donors (Lipinski definition) is 3. The Morgan fingerprint density at radius 2 is 2.07 bits per heavy atom. The second kappa shape index (κ2) is 6.67. The molecule has 0 aliphatic heterocycles. The van der Waals surface area contributed by atoms with Crippen LogP contribution in [0.2, 0.25) is 0 Å². The Bertz CT molecular complexity index is 290. The average Bonchev–Trinajstić information content (AvgIpc) is 2.29. The van der Waals surface area contributed by atoms with E-state index in [1.165, 1.54) is 0 Å². The molecule has 82 valence electrons. The number of benzene rings is 1. The molecule has 0 aliphatic carbocycles. The topological polar surface area (TPSA) is 76.4 Å². The zero-order valence-electron chi connectivity index (χ0n) is 8.40. The number of para-hydroxylation sites is 1. The van der Waals surface area contributed by atoms with E-state index >= 15 is 0 Å². The summed E-state index contributed by atoms with van der Waals surface area (Å²) >= 11 is 0. The van der Waals surface area contributed by atoms with Crippen LogP contribution in [0.4, 0.5) is 4.79 Å². The van der Waals surface area contributed by atoms with Crippen molar-refractivity contribution in [2.75, 3.05) is 13.2 Å². The van der Waals surface area contributed by atoms with E-state index in [4.69, 9.17) is 10.6 Å². The van der Waals surface area contributed by atoms with E-state index in [1.54, 1.807) is 0 Å². The van der Waals surface area contributed by atoms with Gasteiger partial charge in [0.15, 0.2) is 0 Å². The van der Waals surface area contributed by atoms with Crippen LogP contribution < -0.4 is 21.3 Å². The van der Waals surface area contributed by atoms with Gasteiger partial charge in [-0.15, -0.1) is 0 Å². The minimum Gasteiger partial charge on any atom is -0.494 e. The summed E-state index contributed by atoms with van der Waals surface area (Å²) in [7, 11) is 0. The van der Waals surface area contributed by atoms with Gasteiger partial charge >= 0.3 is 6.03 Å². The van der Waals surface area contributed by atoms with Crippen molar-refractivity contribution in [3.63, 3.8) is 0 Å². The third kappa shape index (κ3) is 4.87. The van der Waals surface area contributed by atoms with Crippen molar-refractivity contribution in [3.8, 4) is 5.75 Å². The number of nitrogens with two attached hydrogens (primary N) is 1. The molecule has 0 spiro atoms. The molecular formula is C10H15N3O2. The highest BCUT2D eigenvalue weighted by molar-refractivity contribution is 5.72. The Morgan fingerprint density at radius 1 is 1.33 bits per heavy atom. The number of rotatable bonds is 5. The normalized spacial score (nSPS) is 9.40. The van der Waals surface area contributed by atoms with Crippen molar-refractivity contribution >= 4 is 6.03 Å². The highest BCUT2D eigenvalue weighted by atomic mass is 16.5.